The summed E-state index contributed by atoms with van der Waals surface area (Å²) in [6.45, 7) is 2.10. The second kappa shape index (κ2) is 5.83. The minimum Gasteiger partial charge on any atom is -0.376 e. The first-order valence-corrected chi connectivity index (χ1v) is 8.09. The van der Waals surface area contributed by atoms with Crippen molar-refractivity contribution in [2.75, 3.05) is 21.3 Å². The predicted molar refractivity (Wildman–Crippen MR) is 75.8 cm³/mol. The van der Waals surface area contributed by atoms with Crippen LogP contribution in [0.3, 0.4) is 0 Å². The van der Waals surface area contributed by atoms with Gasteiger partial charge in [0.1, 0.15) is 5.67 Å². The lowest BCUT2D eigenvalue weighted by Gasteiger charge is -2.32. The molecule has 0 fully saturated rings. The van der Waals surface area contributed by atoms with Crippen LogP contribution < -0.4 is 0 Å². The summed E-state index contributed by atoms with van der Waals surface area (Å²) in [7, 11) is 2.17. The van der Waals surface area contributed by atoms with E-state index in [0.29, 0.717) is 0 Å². The maximum absolute atomic E-state index is 5.61. The van der Waals surface area contributed by atoms with E-state index >= 15 is 0 Å². The molecule has 2 rings (SSSR count). The molecule has 1 atom stereocenters. The van der Waals surface area contributed by atoms with Gasteiger partial charge in [0.05, 0.1) is 17.4 Å². The van der Waals surface area contributed by atoms with Crippen LogP contribution in [0, 0.1) is 0 Å². The van der Waals surface area contributed by atoms with E-state index in [0.717, 1.165) is 17.5 Å². The molecule has 19 heavy (non-hydrogen) atoms. The molecule has 6 heteroatoms. The third kappa shape index (κ3) is 2.32. The quantitative estimate of drug-likeness (QED) is 0.762. The van der Waals surface area contributed by atoms with Crippen LogP contribution >= 0.6 is 0 Å². The van der Waals surface area contributed by atoms with Crippen LogP contribution in [0.15, 0.2) is 30.6 Å². The molecule has 0 saturated heterocycles. The van der Waals surface area contributed by atoms with Gasteiger partial charge in [-0.3, -0.25) is 0 Å². The van der Waals surface area contributed by atoms with Gasteiger partial charge in [-0.15, -0.1) is 0 Å². The number of rotatable bonds is 6. The van der Waals surface area contributed by atoms with Crippen molar-refractivity contribution in [3.05, 3.63) is 30.6 Å². The molecule has 0 amide bonds. The van der Waals surface area contributed by atoms with E-state index in [4.69, 9.17) is 13.3 Å². The highest BCUT2D eigenvalue weighted by molar-refractivity contribution is 6.61. The molecule has 0 aliphatic carbocycles. The Balaban J connectivity index is 2.52. The van der Waals surface area contributed by atoms with Crippen LogP contribution in [0.1, 0.15) is 19.0 Å². The number of nitrogens with zero attached hydrogens (tertiary/aromatic N) is 2. The molecular formula is C13H20N2O3Si. The van der Waals surface area contributed by atoms with Crippen molar-refractivity contribution >= 4 is 19.8 Å². The van der Waals surface area contributed by atoms with Crippen LogP contribution in [0.2, 0.25) is 0 Å². The number of aromatic nitrogens is 2. The fraction of sp³-hybridized carbons (Fsp3) is 0.462. The van der Waals surface area contributed by atoms with Crippen molar-refractivity contribution in [2.24, 2.45) is 0 Å². The summed E-state index contributed by atoms with van der Waals surface area (Å²) in [6, 6.07) is 8.02. The van der Waals surface area contributed by atoms with Crippen LogP contribution in [-0.2, 0) is 13.3 Å². The fourth-order valence-corrected chi connectivity index (χ4v) is 4.86. The zero-order chi connectivity index (χ0) is 13.9. The van der Waals surface area contributed by atoms with Gasteiger partial charge in [0.25, 0.3) is 0 Å². The Morgan fingerprint density at radius 1 is 1.16 bits per heavy atom. The number of hydrogen-bond acceptors (Lipinski definition) is 4. The maximum Gasteiger partial charge on any atom is 0.524 e. The summed E-state index contributed by atoms with van der Waals surface area (Å²) in [6.07, 6.45) is 2.68. The monoisotopic (exact) mass is 280 g/mol. The van der Waals surface area contributed by atoms with Gasteiger partial charge in [0.2, 0.25) is 0 Å². The highest BCUT2D eigenvalue weighted by atomic mass is 28.4. The normalized spacial score (nSPS) is 13.9. The number of benzene rings is 1. The summed E-state index contributed by atoms with van der Waals surface area (Å²) >= 11 is 0. The van der Waals surface area contributed by atoms with E-state index in [1.165, 1.54) is 0 Å². The van der Waals surface area contributed by atoms with E-state index < -0.39 is 8.80 Å². The first-order chi connectivity index (χ1) is 9.22. The maximum atomic E-state index is 5.61. The van der Waals surface area contributed by atoms with Crippen LogP contribution in [-0.4, -0.2) is 39.7 Å². The number of fused-ring (bicyclic) bond motifs is 1. The van der Waals surface area contributed by atoms with Crippen LogP contribution in [0.25, 0.3) is 11.0 Å². The summed E-state index contributed by atoms with van der Waals surface area (Å²) in [5.41, 5.74) is 2.05. The van der Waals surface area contributed by atoms with Crippen molar-refractivity contribution in [3.63, 3.8) is 0 Å². The molecule has 1 aromatic carbocycles. The molecule has 0 spiro atoms. The number of imidazole rings is 1. The molecule has 2 aromatic rings. The van der Waals surface area contributed by atoms with E-state index in [2.05, 4.69) is 16.5 Å². The summed E-state index contributed by atoms with van der Waals surface area (Å²) in [5.74, 6) is 0. The first-order valence-electron chi connectivity index (χ1n) is 6.29. The molecule has 0 N–H and O–H groups in total. The van der Waals surface area contributed by atoms with Crippen LogP contribution in [0.4, 0.5) is 0 Å². The van der Waals surface area contributed by atoms with Gasteiger partial charge in [-0.2, -0.15) is 0 Å². The van der Waals surface area contributed by atoms with Gasteiger partial charge < -0.3 is 17.8 Å². The van der Waals surface area contributed by atoms with Gasteiger partial charge in [-0.05, 0) is 18.6 Å². The molecular weight excluding hydrogens is 260 g/mol. The van der Waals surface area contributed by atoms with Crippen molar-refractivity contribution < 1.29 is 13.3 Å². The highest BCUT2D eigenvalue weighted by Gasteiger charge is 2.48. The topological polar surface area (TPSA) is 45.5 Å². The third-order valence-corrected chi connectivity index (χ3v) is 6.68. The molecule has 1 unspecified atom stereocenters. The van der Waals surface area contributed by atoms with E-state index in [1.54, 1.807) is 21.3 Å². The standard InChI is InChI=1S/C13H20N2O3Si/c1-5-13(19(16-2,17-3)18-4)15-10-14-11-8-6-7-9-12(11)15/h6-10,13H,5H2,1-4H3. The summed E-state index contributed by atoms with van der Waals surface area (Å²) in [4.78, 5) is 4.42. The molecule has 0 radical (unpaired) electrons. The average Bonchev–Trinajstić information content (AvgIpc) is 2.89. The van der Waals surface area contributed by atoms with Gasteiger partial charge in [-0.1, -0.05) is 19.1 Å². The minimum atomic E-state index is -2.75. The summed E-state index contributed by atoms with van der Waals surface area (Å²) in [5, 5.41) is 0. The smallest absolute Gasteiger partial charge is 0.376 e. The highest BCUT2D eigenvalue weighted by Crippen LogP contribution is 2.29. The zero-order valence-electron chi connectivity index (χ0n) is 11.8. The lowest BCUT2D eigenvalue weighted by atomic mass is 10.3. The second-order valence-corrected chi connectivity index (χ2v) is 7.38. The molecule has 5 nitrogen and oxygen atoms in total. The van der Waals surface area contributed by atoms with Gasteiger partial charge in [-0.25, -0.2) is 4.98 Å². The SMILES string of the molecule is CCC(n1cnc2ccccc21)[Si](OC)(OC)OC. The van der Waals surface area contributed by atoms with E-state index in [9.17, 15) is 0 Å². The lowest BCUT2D eigenvalue weighted by molar-refractivity contribution is 0.101. The van der Waals surface area contributed by atoms with Crippen LogP contribution in [0.5, 0.6) is 0 Å². The first kappa shape index (κ1) is 14.2. The molecule has 0 saturated carbocycles. The Kier molecular flexibility index (Phi) is 4.36. The molecule has 1 heterocycles. The van der Waals surface area contributed by atoms with Crippen molar-refractivity contribution in [2.45, 2.75) is 19.0 Å². The molecule has 0 aliphatic heterocycles. The van der Waals surface area contributed by atoms with Crippen molar-refractivity contribution in [1.29, 1.82) is 0 Å². The summed E-state index contributed by atoms with van der Waals surface area (Å²) < 4.78 is 18.9. The molecule has 0 aliphatic rings. The largest absolute Gasteiger partial charge is 0.524 e. The number of para-hydroxylation sites is 2. The second-order valence-electron chi connectivity index (χ2n) is 4.28. The van der Waals surface area contributed by atoms with E-state index in [-0.39, 0.29) is 5.67 Å². The van der Waals surface area contributed by atoms with Gasteiger partial charge >= 0.3 is 8.80 Å². The molecule has 0 bridgehead atoms. The zero-order valence-corrected chi connectivity index (χ0v) is 12.8. The molecule has 104 valence electrons. The fourth-order valence-electron chi connectivity index (χ4n) is 2.50. The van der Waals surface area contributed by atoms with Crippen molar-refractivity contribution in [1.82, 2.24) is 9.55 Å². The predicted octanol–water partition coefficient (Wildman–Crippen LogP) is 2.40. The van der Waals surface area contributed by atoms with Gasteiger partial charge in [0, 0.05) is 21.3 Å². The average molecular weight is 280 g/mol. The van der Waals surface area contributed by atoms with Gasteiger partial charge in [0.15, 0.2) is 0 Å². The minimum absolute atomic E-state index is 0.0138. The Labute approximate surface area is 114 Å². The molecule has 1 aromatic heterocycles. The Hall–Kier alpha value is -1.21. The Bertz CT molecular complexity index is 531. The Morgan fingerprint density at radius 2 is 1.79 bits per heavy atom. The number of hydrogen-bond donors (Lipinski definition) is 0. The van der Waals surface area contributed by atoms with E-state index in [1.807, 2.05) is 30.6 Å². The van der Waals surface area contributed by atoms with Crippen molar-refractivity contribution in [3.8, 4) is 0 Å². The lowest BCUT2D eigenvalue weighted by Crippen LogP contribution is -2.51. The Morgan fingerprint density at radius 3 is 2.37 bits per heavy atom. The third-order valence-electron chi connectivity index (χ3n) is 3.47.